The summed E-state index contributed by atoms with van der Waals surface area (Å²) in [6.45, 7) is 0.216. The molecule has 0 atom stereocenters. The van der Waals surface area contributed by atoms with E-state index in [1.807, 2.05) is 18.2 Å². The molecule has 0 unspecified atom stereocenters. The Morgan fingerprint density at radius 1 is 1.03 bits per heavy atom. The molecule has 0 aliphatic rings. The summed E-state index contributed by atoms with van der Waals surface area (Å²) in [5, 5.41) is 6.03. The number of fused-ring (bicyclic) bond motifs is 1. The normalized spacial score (nSPS) is 11.2. The van der Waals surface area contributed by atoms with Crippen LogP contribution < -0.4 is 14.9 Å². The standard InChI is InChI=1S/C24H17Cl3N2O4/c1-31-21-10-15(9-19(27)23(21)32-13-14-6-7-17(25)18(26)8-14)12-28-29-24(30)22-11-16-4-2-3-5-20(16)33-22/h2-12H,13H2,1H3,(H,29,30)/b28-12+. The van der Waals surface area contributed by atoms with Crippen LogP contribution in [0, 0.1) is 0 Å². The van der Waals surface area contributed by atoms with Gasteiger partial charge < -0.3 is 13.9 Å². The van der Waals surface area contributed by atoms with Crippen LogP contribution in [0.3, 0.4) is 0 Å². The first-order valence-electron chi connectivity index (χ1n) is 9.71. The summed E-state index contributed by atoms with van der Waals surface area (Å²) in [6.07, 6.45) is 1.44. The Balaban J connectivity index is 1.44. The molecule has 0 fully saturated rings. The lowest BCUT2D eigenvalue weighted by Gasteiger charge is -2.13. The number of furan rings is 1. The van der Waals surface area contributed by atoms with E-state index in [9.17, 15) is 4.79 Å². The molecular formula is C24H17Cl3N2O4. The van der Waals surface area contributed by atoms with Gasteiger partial charge in [0.2, 0.25) is 0 Å². The van der Waals surface area contributed by atoms with Crippen molar-refractivity contribution in [2.45, 2.75) is 6.61 Å². The molecule has 0 spiro atoms. The number of hydrazone groups is 1. The minimum atomic E-state index is -0.470. The van der Waals surface area contributed by atoms with E-state index in [1.54, 1.807) is 42.5 Å². The zero-order chi connectivity index (χ0) is 23.4. The van der Waals surface area contributed by atoms with Crippen molar-refractivity contribution in [1.29, 1.82) is 0 Å². The van der Waals surface area contributed by atoms with Crippen molar-refractivity contribution >= 4 is 57.9 Å². The maximum atomic E-state index is 12.3. The molecule has 0 saturated carbocycles. The average molecular weight is 504 g/mol. The summed E-state index contributed by atoms with van der Waals surface area (Å²) in [6, 6.07) is 17.6. The van der Waals surface area contributed by atoms with Gasteiger partial charge in [0.1, 0.15) is 12.2 Å². The zero-order valence-electron chi connectivity index (χ0n) is 17.3. The van der Waals surface area contributed by atoms with Gasteiger partial charge in [0.25, 0.3) is 0 Å². The van der Waals surface area contributed by atoms with E-state index in [0.717, 1.165) is 10.9 Å². The summed E-state index contributed by atoms with van der Waals surface area (Å²) in [5.74, 6) is 0.471. The molecule has 0 aliphatic carbocycles. The number of carbonyl (C=O) groups is 1. The Morgan fingerprint density at radius 2 is 1.85 bits per heavy atom. The number of halogens is 3. The molecule has 9 heteroatoms. The van der Waals surface area contributed by atoms with Crippen LogP contribution >= 0.6 is 34.8 Å². The maximum Gasteiger partial charge on any atom is 0.307 e. The molecule has 1 aromatic heterocycles. The Kier molecular flexibility index (Phi) is 7.08. The summed E-state index contributed by atoms with van der Waals surface area (Å²) < 4.78 is 16.8. The van der Waals surface area contributed by atoms with E-state index in [2.05, 4.69) is 10.5 Å². The average Bonchev–Trinajstić information content (AvgIpc) is 3.25. The molecule has 0 aliphatic heterocycles. The second kappa shape index (κ2) is 10.2. The van der Waals surface area contributed by atoms with Crippen molar-refractivity contribution < 1.29 is 18.7 Å². The van der Waals surface area contributed by atoms with E-state index in [0.29, 0.717) is 37.7 Å². The summed E-state index contributed by atoms with van der Waals surface area (Å²) in [7, 11) is 1.50. The summed E-state index contributed by atoms with van der Waals surface area (Å²) >= 11 is 18.4. The second-order valence-corrected chi connectivity index (χ2v) is 8.14. The number of hydrogen-bond donors (Lipinski definition) is 1. The number of para-hydroxylation sites is 1. The number of nitrogens with zero attached hydrogens (tertiary/aromatic N) is 1. The SMILES string of the molecule is COc1cc(/C=N/NC(=O)c2cc3ccccc3o2)cc(Cl)c1OCc1ccc(Cl)c(Cl)c1. The fraction of sp³-hybridized carbons (Fsp3) is 0.0833. The van der Waals surface area contributed by atoms with E-state index >= 15 is 0 Å². The smallest absolute Gasteiger partial charge is 0.307 e. The summed E-state index contributed by atoms with van der Waals surface area (Å²) in [4.78, 5) is 12.3. The van der Waals surface area contributed by atoms with Crippen molar-refractivity contribution in [2.75, 3.05) is 7.11 Å². The van der Waals surface area contributed by atoms with Crippen LogP contribution in [0.15, 0.2) is 70.2 Å². The van der Waals surface area contributed by atoms with Crippen LogP contribution in [-0.4, -0.2) is 19.2 Å². The number of benzene rings is 3. The molecular weight excluding hydrogens is 487 g/mol. The van der Waals surface area contributed by atoms with Crippen molar-refractivity contribution in [2.24, 2.45) is 5.10 Å². The van der Waals surface area contributed by atoms with Gasteiger partial charge in [-0.3, -0.25) is 4.79 Å². The molecule has 0 radical (unpaired) electrons. The Morgan fingerprint density at radius 3 is 2.61 bits per heavy atom. The van der Waals surface area contributed by atoms with Gasteiger partial charge >= 0.3 is 5.91 Å². The number of amides is 1. The lowest BCUT2D eigenvalue weighted by atomic mass is 10.2. The van der Waals surface area contributed by atoms with Gasteiger partial charge in [-0.05, 0) is 47.5 Å². The molecule has 1 amide bonds. The van der Waals surface area contributed by atoms with Gasteiger partial charge in [-0.15, -0.1) is 0 Å². The van der Waals surface area contributed by atoms with Crippen LogP contribution in [0.1, 0.15) is 21.7 Å². The number of carbonyl (C=O) groups excluding carboxylic acids is 1. The number of hydrogen-bond acceptors (Lipinski definition) is 5. The highest BCUT2D eigenvalue weighted by molar-refractivity contribution is 6.42. The third kappa shape index (κ3) is 5.42. The Hall–Kier alpha value is -3.19. The minimum Gasteiger partial charge on any atom is -0.493 e. The number of nitrogens with one attached hydrogen (secondary N) is 1. The molecule has 4 aromatic rings. The second-order valence-electron chi connectivity index (χ2n) is 6.92. The van der Waals surface area contributed by atoms with Gasteiger partial charge in [0, 0.05) is 5.39 Å². The van der Waals surface area contributed by atoms with E-state index in [4.69, 9.17) is 48.7 Å². The molecule has 4 rings (SSSR count). The fourth-order valence-corrected chi connectivity index (χ4v) is 3.65. The van der Waals surface area contributed by atoms with Crippen LogP contribution in [-0.2, 0) is 6.61 Å². The van der Waals surface area contributed by atoms with Crippen molar-refractivity contribution in [1.82, 2.24) is 5.43 Å². The molecule has 3 aromatic carbocycles. The first-order chi connectivity index (χ1) is 15.9. The first-order valence-corrected chi connectivity index (χ1v) is 10.8. The fourth-order valence-electron chi connectivity index (χ4n) is 3.05. The zero-order valence-corrected chi connectivity index (χ0v) is 19.5. The highest BCUT2D eigenvalue weighted by Crippen LogP contribution is 2.37. The quantitative estimate of drug-likeness (QED) is 0.224. The van der Waals surface area contributed by atoms with Gasteiger partial charge in [0.15, 0.2) is 17.3 Å². The molecule has 0 bridgehead atoms. The van der Waals surface area contributed by atoms with Crippen LogP contribution in [0.4, 0.5) is 0 Å². The highest BCUT2D eigenvalue weighted by Gasteiger charge is 2.13. The molecule has 0 saturated heterocycles. The minimum absolute atomic E-state index is 0.162. The van der Waals surface area contributed by atoms with Gasteiger partial charge in [0.05, 0.1) is 28.4 Å². The van der Waals surface area contributed by atoms with Crippen molar-refractivity contribution in [3.05, 3.63) is 92.6 Å². The monoisotopic (exact) mass is 502 g/mol. The van der Waals surface area contributed by atoms with Crippen LogP contribution in [0.2, 0.25) is 15.1 Å². The molecule has 6 nitrogen and oxygen atoms in total. The third-order valence-corrected chi connectivity index (χ3v) is 5.67. The number of methoxy groups -OCH3 is 1. The lowest BCUT2D eigenvalue weighted by molar-refractivity contribution is 0.0929. The van der Waals surface area contributed by atoms with Gasteiger partial charge in [-0.1, -0.05) is 59.1 Å². The van der Waals surface area contributed by atoms with E-state index in [1.165, 1.54) is 13.3 Å². The summed E-state index contributed by atoms with van der Waals surface area (Å²) in [5.41, 5.74) is 4.48. The highest BCUT2D eigenvalue weighted by atomic mass is 35.5. The predicted octanol–water partition coefficient (Wildman–Crippen LogP) is 6.74. The third-order valence-electron chi connectivity index (χ3n) is 4.65. The maximum absolute atomic E-state index is 12.3. The number of rotatable bonds is 7. The largest absolute Gasteiger partial charge is 0.493 e. The Bertz CT molecular complexity index is 1320. The lowest BCUT2D eigenvalue weighted by Crippen LogP contribution is -2.16. The van der Waals surface area contributed by atoms with Gasteiger partial charge in [-0.2, -0.15) is 5.10 Å². The van der Waals surface area contributed by atoms with E-state index < -0.39 is 5.91 Å². The predicted molar refractivity (Wildman–Crippen MR) is 130 cm³/mol. The van der Waals surface area contributed by atoms with Crippen LogP contribution in [0.25, 0.3) is 11.0 Å². The topological polar surface area (TPSA) is 73.1 Å². The number of ether oxygens (including phenoxy) is 2. The van der Waals surface area contributed by atoms with Crippen molar-refractivity contribution in [3.8, 4) is 11.5 Å². The molecule has 1 N–H and O–H groups in total. The van der Waals surface area contributed by atoms with E-state index in [-0.39, 0.29) is 12.4 Å². The molecule has 1 heterocycles. The molecule has 33 heavy (non-hydrogen) atoms. The molecule has 168 valence electrons. The van der Waals surface area contributed by atoms with Crippen molar-refractivity contribution in [3.63, 3.8) is 0 Å². The van der Waals surface area contributed by atoms with Gasteiger partial charge in [-0.25, -0.2) is 5.43 Å². The Labute approximate surface area is 204 Å². The first kappa shape index (κ1) is 23.0. The van der Waals surface area contributed by atoms with Crippen LogP contribution in [0.5, 0.6) is 11.5 Å².